The van der Waals surface area contributed by atoms with Gasteiger partial charge in [-0.25, -0.2) is 0 Å². The average Bonchev–Trinajstić information content (AvgIpc) is 1.68. The molecule has 0 aromatic carbocycles. The Bertz CT molecular complexity index is 79.8. The van der Waals surface area contributed by atoms with Gasteiger partial charge >= 0.3 is 0 Å². The van der Waals surface area contributed by atoms with Crippen LogP contribution in [0.5, 0.6) is 0 Å². The highest BCUT2D eigenvalue weighted by Crippen LogP contribution is 1.97. The van der Waals surface area contributed by atoms with Gasteiger partial charge in [0.2, 0.25) is 5.12 Å². The highest BCUT2D eigenvalue weighted by molar-refractivity contribution is 8.13. The first kappa shape index (κ1) is 6.72. The molecule has 2 nitrogen and oxygen atoms in total. The summed E-state index contributed by atoms with van der Waals surface area (Å²) in [6.07, 6.45) is 1.17. The molecular formula is C4H6O2S. The highest BCUT2D eigenvalue weighted by Gasteiger charge is 1.89. The average molecular weight is 118 g/mol. The molecule has 0 heterocycles. The predicted octanol–water partition coefficient (Wildman–Crippen LogP) is 0.382. The van der Waals surface area contributed by atoms with E-state index >= 15 is 0 Å². The Morgan fingerprint density at radius 3 is 2.71 bits per heavy atom. The van der Waals surface area contributed by atoms with Gasteiger partial charge in [-0.05, 0) is 6.08 Å². The summed E-state index contributed by atoms with van der Waals surface area (Å²) in [5.41, 5.74) is 0. The van der Waals surface area contributed by atoms with Gasteiger partial charge in [0.05, 0.1) is 5.94 Å². The lowest BCUT2D eigenvalue weighted by Gasteiger charge is -1.82. The fourth-order valence-corrected chi connectivity index (χ4v) is 0.368. The SMILES string of the molecule is C=CC(=O)SCO. The van der Waals surface area contributed by atoms with Crippen LogP contribution in [0.15, 0.2) is 12.7 Å². The second-order valence-corrected chi connectivity index (χ2v) is 1.75. The molecule has 0 spiro atoms. The Hall–Kier alpha value is -0.280. The first-order valence-electron chi connectivity index (χ1n) is 1.71. The second kappa shape index (κ2) is 3.89. The third kappa shape index (κ3) is 3.55. The van der Waals surface area contributed by atoms with Crippen LogP contribution < -0.4 is 0 Å². The van der Waals surface area contributed by atoms with Crippen molar-refractivity contribution in [2.75, 3.05) is 5.94 Å². The molecule has 0 aliphatic rings. The Kier molecular flexibility index (Phi) is 3.74. The van der Waals surface area contributed by atoms with Crippen LogP contribution in [-0.4, -0.2) is 16.2 Å². The molecule has 0 atom stereocenters. The first-order chi connectivity index (χ1) is 3.31. The van der Waals surface area contributed by atoms with E-state index in [-0.39, 0.29) is 11.1 Å². The van der Waals surface area contributed by atoms with Crippen LogP contribution in [0.1, 0.15) is 0 Å². The van der Waals surface area contributed by atoms with Gasteiger partial charge in [-0.3, -0.25) is 4.79 Å². The Balaban J connectivity index is 3.17. The van der Waals surface area contributed by atoms with E-state index in [1.807, 2.05) is 0 Å². The maximum Gasteiger partial charge on any atom is 0.213 e. The van der Waals surface area contributed by atoms with Crippen LogP contribution in [0.25, 0.3) is 0 Å². The van der Waals surface area contributed by atoms with Crippen molar-refractivity contribution in [1.29, 1.82) is 0 Å². The molecule has 40 valence electrons. The topological polar surface area (TPSA) is 37.3 Å². The number of aliphatic hydroxyl groups is 1. The summed E-state index contributed by atoms with van der Waals surface area (Å²) < 4.78 is 0. The zero-order valence-electron chi connectivity index (χ0n) is 3.76. The highest BCUT2D eigenvalue weighted by atomic mass is 32.2. The molecule has 0 radical (unpaired) electrons. The Morgan fingerprint density at radius 1 is 2.00 bits per heavy atom. The molecule has 0 aromatic rings. The quantitative estimate of drug-likeness (QED) is 0.421. The molecule has 0 aliphatic heterocycles. The summed E-state index contributed by atoms with van der Waals surface area (Å²) in [5, 5.41) is 7.87. The summed E-state index contributed by atoms with van der Waals surface area (Å²) in [4.78, 5) is 10.1. The van der Waals surface area contributed by atoms with E-state index in [1.54, 1.807) is 0 Å². The molecular weight excluding hydrogens is 112 g/mol. The number of rotatable bonds is 2. The molecule has 1 N–H and O–H groups in total. The second-order valence-electron chi connectivity index (χ2n) is 0.797. The number of aliphatic hydroxyl groups excluding tert-OH is 1. The van der Waals surface area contributed by atoms with Crippen molar-refractivity contribution >= 4 is 16.9 Å². The lowest BCUT2D eigenvalue weighted by Crippen LogP contribution is -1.83. The fraction of sp³-hybridized carbons (Fsp3) is 0.250. The van der Waals surface area contributed by atoms with Gasteiger partial charge in [-0.15, -0.1) is 0 Å². The van der Waals surface area contributed by atoms with Crippen molar-refractivity contribution in [3.8, 4) is 0 Å². The molecule has 0 bridgehead atoms. The van der Waals surface area contributed by atoms with E-state index in [1.165, 1.54) is 6.08 Å². The van der Waals surface area contributed by atoms with Crippen LogP contribution >= 0.6 is 11.8 Å². The maximum absolute atomic E-state index is 10.1. The number of thioether (sulfide) groups is 1. The Labute approximate surface area is 46.2 Å². The summed E-state index contributed by atoms with van der Waals surface area (Å²) in [6.45, 7) is 3.20. The van der Waals surface area contributed by atoms with Gasteiger partial charge in [0, 0.05) is 0 Å². The number of hydrogen-bond donors (Lipinski definition) is 1. The summed E-state index contributed by atoms with van der Waals surface area (Å²) in [5.74, 6) is -0.162. The lowest BCUT2D eigenvalue weighted by molar-refractivity contribution is -0.107. The van der Waals surface area contributed by atoms with Gasteiger partial charge in [0.1, 0.15) is 0 Å². The maximum atomic E-state index is 10.1. The van der Waals surface area contributed by atoms with Crippen molar-refractivity contribution < 1.29 is 9.90 Å². The third-order valence-electron chi connectivity index (χ3n) is 0.373. The minimum absolute atomic E-state index is 0.162. The summed E-state index contributed by atoms with van der Waals surface area (Å²) >= 11 is 0.830. The van der Waals surface area contributed by atoms with E-state index in [9.17, 15) is 4.79 Å². The van der Waals surface area contributed by atoms with E-state index in [0.717, 1.165) is 11.8 Å². The van der Waals surface area contributed by atoms with Crippen molar-refractivity contribution in [3.05, 3.63) is 12.7 Å². The van der Waals surface area contributed by atoms with Crippen molar-refractivity contribution in [1.82, 2.24) is 0 Å². The number of carbonyl (C=O) groups is 1. The molecule has 0 aliphatic carbocycles. The van der Waals surface area contributed by atoms with E-state index in [0.29, 0.717) is 0 Å². The van der Waals surface area contributed by atoms with Gasteiger partial charge < -0.3 is 5.11 Å². The van der Waals surface area contributed by atoms with Crippen molar-refractivity contribution in [2.24, 2.45) is 0 Å². The zero-order chi connectivity index (χ0) is 5.70. The molecule has 3 heteroatoms. The van der Waals surface area contributed by atoms with Gasteiger partial charge in [-0.1, -0.05) is 18.3 Å². The lowest BCUT2D eigenvalue weighted by atomic mass is 10.7. The van der Waals surface area contributed by atoms with Gasteiger partial charge in [-0.2, -0.15) is 0 Å². The number of hydrogen-bond acceptors (Lipinski definition) is 3. The minimum Gasteiger partial charge on any atom is -0.385 e. The summed E-state index contributed by atoms with van der Waals surface area (Å²) in [6, 6.07) is 0. The van der Waals surface area contributed by atoms with Crippen LogP contribution in [0.3, 0.4) is 0 Å². The largest absolute Gasteiger partial charge is 0.385 e. The molecule has 0 aromatic heterocycles. The Morgan fingerprint density at radius 2 is 2.57 bits per heavy atom. The van der Waals surface area contributed by atoms with Crippen LogP contribution in [0.4, 0.5) is 0 Å². The minimum atomic E-state index is -0.192. The van der Waals surface area contributed by atoms with Crippen LogP contribution in [0.2, 0.25) is 0 Å². The van der Waals surface area contributed by atoms with Gasteiger partial charge in [0.25, 0.3) is 0 Å². The van der Waals surface area contributed by atoms with E-state index in [2.05, 4.69) is 6.58 Å². The smallest absolute Gasteiger partial charge is 0.213 e. The van der Waals surface area contributed by atoms with Crippen LogP contribution in [-0.2, 0) is 4.79 Å². The van der Waals surface area contributed by atoms with E-state index < -0.39 is 0 Å². The molecule has 0 unspecified atom stereocenters. The molecule has 0 saturated carbocycles. The standard InChI is InChI=1S/C4H6O2S/c1-2-4(6)7-3-5/h2,5H,1,3H2. The fourth-order valence-electron chi connectivity index (χ4n) is 0.123. The molecule has 0 rings (SSSR count). The molecule has 7 heavy (non-hydrogen) atoms. The number of carbonyl (C=O) groups excluding carboxylic acids is 1. The predicted molar refractivity (Wildman–Crippen MR) is 29.9 cm³/mol. The first-order valence-corrected chi connectivity index (χ1v) is 2.70. The van der Waals surface area contributed by atoms with Crippen molar-refractivity contribution in [3.63, 3.8) is 0 Å². The normalized spacial score (nSPS) is 8.14. The zero-order valence-corrected chi connectivity index (χ0v) is 4.57. The van der Waals surface area contributed by atoms with Crippen molar-refractivity contribution in [2.45, 2.75) is 0 Å². The summed E-state index contributed by atoms with van der Waals surface area (Å²) in [7, 11) is 0. The van der Waals surface area contributed by atoms with E-state index in [4.69, 9.17) is 5.11 Å². The third-order valence-corrected chi connectivity index (χ3v) is 0.954. The van der Waals surface area contributed by atoms with Gasteiger partial charge in [0.15, 0.2) is 0 Å². The monoisotopic (exact) mass is 118 g/mol. The molecule has 0 fully saturated rings. The van der Waals surface area contributed by atoms with Crippen LogP contribution in [0, 0.1) is 0 Å². The molecule has 0 amide bonds. The molecule has 0 saturated heterocycles.